The van der Waals surface area contributed by atoms with Crippen LogP contribution >= 0.6 is 0 Å². The largest absolute Gasteiger partial charge is 0.382 e. The van der Waals surface area contributed by atoms with Crippen LogP contribution in [0.5, 0.6) is 0 Å². The molecular formula is C8H11N5O. The lowest BCUT2D eigenvalue weighted by Gasteiger charge is -2.02. The van der Waals surface area contributed by atoms with E-state index in [1.165, 1.54) is 11.0 Å². The maximum absolute atomic E-state index is 9.85. The fourth-order valence-electron chi connectivity index (χ4n) is 1.24. The Morgan fingerprint density at radius 2 is 2.07 bits per heavy atom. The number of aliphatic hydroxyl groups is 1. The van der Waals surface area contributed by atoms with Gasteiger partial charge in [0, 0.05) is 25.9 Å². The maximum atomic E-state index is 9.85. The predicted molar refractivity (Wildman–Crippen MR) is 48.3 cm³/mol. The smallest absolute Gasteiger partial charge is 0.127 e. The normalized spacial score (nSPS) is 13.1. The molecule has 2 heterocycles. The lowest BCUT2D eigenvalue weighted by Crippen LogP contribution is -2.01. The highest BCUT2D eigenvalue weighted by molar-refractivity contribution is 5.17. The second-order valence-electron chi connectivity index (χ2n) is 3.11. The first-order chi connectivity index (χ1) is 6.66. The average Bonchev–Trinajstić information content (AvgIpc) is 2.73. The van der Waals surface area contributed by atoms with Crippen LogP contribution in [0.2, 0.25) is 0 Å². The third-order valence-electron chi connectivity index (χ3n) is 1.94. The van der Waals surface area contributed by atoms with Crippen molar-refractivity contribution in [2.24, 2.45) is 14.1 Å². The quantitative estimate of drug-likeness (QED) is 0.706. The van der Waals surface area contributed by atoms with E-state index in [1.54, 1.807) is 31.2 Å². The first-order valence-corrected chi connectivity index (χ1v) is 4.19. The summed E-state index contributed by atoms with van der Waals surface area (Å²) in [5.74, 6) is 0. The van der Waals surface area contributed by atoms with E-state index in [1.807, 2.05) is 0 Å². The van der Waals surface area contributed by atoms with Crippen molar-refractivity contribution < 1.29 is 5.11 Å². The number of aromatic nitrogens is 5. The molecule has 2 rings (SSSR count). The summed E-state index contributed by atoms with van der Waals surface area (Å²) >= 11 is 0. The Balaban J connectivity index is 2.28. The van der Waals surface area contributed by atoms with Crippen molar-refractivity contribution in [3.63, 3.8) is 0 Å². The summed E-state index contributed by atoms with van der Waals surface area (Å²) in [5, 5.41) is 21.7. The first kappa shape index (κ1) is 8.89. The maximum Gasteiger partial charge on any atom is 0.127 e. The Hall–Kier alpha value is -1.69. The molecule has 0 spiro atoms. The third-order valence-corrected chi connectivity index (χ3v) is 1.94. The molecule has 0 aliphatic carbocycles. The summed E-state index contributed by atoms with van der Waals surface area (Å²) in [5.41, 5.74) is 1.24. The fourth-order valence-corrected chi connectivity index (χ4v) is 1.24. The van der Waals surface area contributed by atoms with Crippen LogP contribution in [0.4, 0.5) is 0 Å². The second-order valence-corrected chi connectivity index (χ2v) is 3.11. The highest BCUT2D eigenvalue weighted by Crippen LogP contribution is 2.17. The Morgan fingerprint density at radius 3 is 2.57 bits per heavy atom. The Kier molecular flexibility index (Phi) is 2.05. The molecule has 0 radical (unpaired) electrons. The third kappa shape index (κ3) is 1.51. The minimum Gasteiger partial charge on any atom is -0.382 e. The molecule has 2 aromatic rings. The van der Waals surface area contributed by atoms with Crippen molar-refractivity contribution in [3.8, 4) is 0 Å². The highest BCUT2D eigenvalue weighted by Gasteiger charge is 2.15. The van der Waals surface area contributed by atoms with Gasteiger partial charge in [0.25, 0.3) is 0 Å². The number of nitrogens with zero attached hydrogens (tertiary/aromatic N) is 5. The van der Waals surface area contributed by atoms with Gasteiger partial charge in [0.15, 0.2) is 0 Å². The van der Waals surface area contributed by atoms with Gasteiger partial charge in [0.2, 0.25) is 0 Å². The van der Waals surface area contributed by atoms with E-state index in [4.69, 9.17) is 0 Å². The Morgan fingerprint density at radius 1 is 1.29 bits per heavy atom. The van der Waals surface area contributed by atoms with Crippen LogP contribution in [0.1, 0.15) is 17.4 Å². The number of hydrogen-bond acceptors (Lipinski definition) is 4. The van der Waals surface area contributed by atoms with Gasteiger partial charge >= 0.3 is 0 Å². The topological polar surface area (TPSA) is 68.8 Å². The van der Waals surface area contributed by atoms with Gasteiger partial charge in [-0.05, 0) is 0 Å². The number of aliphatic hydroxyl groups excluding tert-OH is 1. The molecule has 1 unspecified atom stereocenters. The molecule has 1 N–H and O–H groups in total. The van der Waals surface area contributed by atoms with E-state index < -0.39 is 6.10 Å². The van der Waals surface area contributed by atoms with E-state index in [-0.39, 0.29) is 0 Å². The monoisotopic (exact) mass is 193 g/mol. The molecule has 0 amide bonds. The molecule has 6 heteroatoms. The summed E-state index contributed by atoms with van der Waals surface area (Å²) in [6.07, 6.45) is 4.15. The lowest BCUT2D eigenvalue weighted by molar-refractivity contribution is 0.214. The molecule has 6 nitrogen and oxygen atoms in total. The van der Waals surface area contributed by atoms with Crippen LogP contribution in [-0.4, -0.2) is 29.9 Å². The van der Waals surface area contributed by atoms with Crippen LogP contribution in [-0.2, 0) is 14.1 Å². The van der Waals surface area contributed by atoms with Gasteiger partial charge in [-0.2, -0.15) is 20.1 Å². The van der Waals surface area contributed by atoms with Crippen LogP contribution in [0.15, 0.2) is 18.6 Å². The molecule has 0 aliphatic rings. The lowest BCUT2D eigenvalue weighted by atomic mass is 10.1. The van der Waals surface area contributed by atoms with E-state index >= 15 is 0 Å². The molecule has 2 aromatic heterocycles. The Labute approximate surface area is 80.8 Å². The van der Waals surface area contributed by atoms with Crippen molar-refractivity contribution in [2.75, 3.05) is 0 Å². The van der Waals surface area contributed by atoms with E-state index in [9.17, 15) is 5.11 Å². The van der Waals surface area contributed by atoms with Gasteiger partial charge in [-0.25, -0.2) is 0 Å². The zero-order valence-electron chi connectivity index (χ0n) is 7.99. The SMILES string of the molecule is Cn1cc(C(O)c2cnn(C)n2)cn1. The minimum atomic E-state index is -0.752. The fraction of sp³-hybridized carbons (Fsp3) is 0.375. The molecule has 14 heavy (non-hydrogen) atoms. The van der Waals surface area contributed by atoms with E-state index in [2.05, 4.69) is 15.3 Å². The predicted octanol–water partition coefficient (Wildman–Crippen LogP) is -0.370. The van der Waals surface area contributed by atoms with Gasteiger partial charge < -0.3 is 5.11 Å². The molecule has 74 valence electrons. The molecular weight excluding hydrogens is 182 g/mol. The van der Waals surface area contributed by atoms with Crippen LogP contribution in [0, 0.1) is 0 Å². The van der Waals surface area contributed by atoms with Gasteiger partial charge in [-0.1, -0.05) is 0 Å². The zero-order chi connectivity index (χ0) is 10.1. The minimum absolute atomic E-state index is 0.528. The molecule has 0 aliphatic heterocycles. The van der Waals surface area contributed by atoms with Gasteiger partial charge in [-0.3, -0.25) is 4.68 Å². The van der Waals surface area contributed by atoms with Gasteiger partial charge in [0.1, 0.15) is 11.8 Å². The van der Waals surface area contributed by atoms with Crippen LogP contribution < -0.4 is 0 Å². The standard InChI is InChI=1S/C8H11N5O/c1-12-5-6(3-9-12)8(14)7-4-10-13(2)11-7/h3-5,8,14H,1-2H3. The average molecular weight is 193 g/mol. The van der Waals surface area contributed by atoms with Crippen molar-refractivity contribution in [1.82, 2.24) is 24.8 Å². The molecule has 0 fully saturated rings. The molecule has 0 saturated carbocycles. The first-order valence-electron chi connectivity index (χ1n) is 4.19. The highest BCUT2D eigenvalue weighted by atomic mass is 16.3. The van der Waals surface area contributed by atoms with Crippen molar-refractivity contribution in [3.05, 3.63) is 29.8 Å². The Bertz CT molecular complexity index is 392. The summed E-state index contributed by atoms with van der Waals surface area (Å²) in [4.78, 5) is 1.41. The summed E-state index contributed by atoms with van der Waals surface area (Å²) in [7, 11) is 3.51. The molecule has 0 saturated heterocycles. The van der Waals surface area contributed by atoms with Crippen molar-refractivity contribution >= 4 is 0 Å². The number of rotatable bonds is 2. The molecule has 0 bridgehead atoms. The number of hydrogen-bond donors (Lipinski definition) is 1. The summed E-state index contributed by atoms with van der Waals surface area (Å²) in [6, 6.07) is 0. The van der Waals surface area contributed by atoms with Crippen molar-refractivity contribution in [1.29, 1.82) is 0 Å². The van der Waals surface area contributed by atoms with Crippen LogP contribution in [0.3, 0.4) is 0 Å². The second kappa shape index (κ2) is 3.22. The van der Waals surface area contributed by atoms with E-state index in [0.717, 1.165) is 0 Å². The summed E-state index contributed by atoms with van der Waals surface area (Å²) in [6.45, 7) is 0. The summed E-state index contributed by atoms with van der Waals surface area (Å²) < 4.78 is 1.63. The van der Waals surface area contributed by atoms with Crippen LogP contribution in [0.25, 0.3) is 0 Å². The molecule has 1 atom stereocenters. The molecule has 0 aromatic carbocycles. The zero-order valence-corrected chi connectivity index (χ0v) is 7.99. The van der Waals surface area contributed by atoms with Gasteiger partial charge in [0.05, 0.1) is 12.4 Å². The number of aryl methyl sites for hydroxylation is 2. The van der Waals surface area contributed by atoms with Crippen molar-refractivity contribution in [2.45, 2.75) is 6.10 Å². The van der Waals surface area contributed by atoms with Gasteiger partial charge in [-0.15, -0.1) is 0 Å². The van der Waals surface area contributed by atoms with E-state index in [0.29, 0.717) is 11.3 Å².